The summed E-state index contributed by atoms with van der Waals surface area (Å²) in [6, 6.07) is 10.5. The molecule has 0 aliphatic carbocycles. The van der Waals surface area contributed by atoms with Gasteiger partial charge in [0.1, 0.15) is 17.3 Å². The zero-order valence-corrected chi connectivity index (χ0v) is 18.0. The van der Waals surface area contributed by atoms with Crippen LogP contribution in [0.5, 0.6) is 0 Å². The molecule has 2 aromatic heterocycles. The van der Waals surface area contributed by atoms with E-state index in [1.165, 1.54) is 31.1 Å². The second-order valence-electron chi connectivity index (χ2n) is 8.35. The van der Waals surface area contributed by atoms with Crippen LogP contribution in [0.2, 0.25) is 0 Å². The second-order valence-corrected chi connectivity index (χ2v) is 8.35. The van der Waals surface area contributed by atoms with Crippen molar-refractivity contribution in [2.24, 2.45) is 12.0 Å². The number of anilines is 1. The minimum Gasteiger partial charge on any atom is -0.441 e. The maximum Gasteiger partial charge on any atom is 0.192 e. The molecular weight excluding hydrogens is 390 g/mol. The number of benzene rings is 1. The maximum atomic E-state index is 11.3. The van der Waals surface area contributed by atoms with Crippen LogP contribution >= 0.6 is 0 Å². The Balaban J connectivity index is 1.45. The lowest BCUT2D eigenvalue weighted by atomic mass is 10.1. The SMILES string of the molecule is Cc1nc2ccc(/C(=C/C=O)N=c3ccc(N4CCN5CCC[C@@H]5C4)cn3C)cc2o1. The number of carbonyl (C=O) groups excluding carboxylic acids is 1. The molecule has 0 spiro atoms. The predicted octanol–water partition coefficient (Wildman–Crippen LogP) is 2.90. The Hall–Kier alpha value is -3.19. The van der Waals surface area contributed by atoms with Gasteiger partial charge in [-0.15, -0.1) is 0 Å². The number of rotatable bonds is 4. The monoisotopic (exact) mass is 417 g/mol. The first kappa shape index (κ1) is 19.8. The molecule has 3 aromatic rings. The zero-order valence-electron chi connectivity index (χ0n) is 18.0. The predicted molar refractivity (Wildman–Crippen MR) is 121 cm³/mol. The highest BCUT2D eigenvalue weighted by Crippen LogP contribution is 2.25. The maximum absolute atomic E-state index is 11.3. The Bertz CT molecular complexity index is 1220. The Morgan fingerprint density at radius 2 is 2.13 bits per heavy atom. The van der Waals surface area contributed by atoms with E-state index in [1.807, 2.05) is 42.8 Å². The number of hydrogen-bond donors (Lipinski definition) is 0. The lowest BCUT2D eigenvalue weighted by molar-refractivity contribution is -0.104. The molecule has 0 N–H and O–H groups in total. The summed E-state index contributed by atoms with van der Waals surface area (Å²) in [6.45, 7) is 6.34. The van der Waals surface area contributed by atoms with Crippen molar-refractivity contribution in [3.63, 3.8) is 0 Å². The van der Waals surface area contributed by atoms with Gasteiger partial charge in [0.2, 0.25) is 0 Å². The summed E-state index contributed by atoms with van der Waals surface area (Å²) in [5.41, 5.74) is 4.89. The highest BCUT2D eigenvalue weighted by molar-refractivity contribution is 5.84. The highest BCUT2D eigenvalue weighted by atomic mass is 16.3. The van der Waals surface area contributed by atoms with Crippen LogP contribution in [0.15, 0.2) is 52.0 Å². The van der Waals surface area contributed by atoms with E-state index in [1.54, 1.807) is 0 Å². The van der Waals surface area contributed by atoms with Crippen LogP contribution in [0.25, 0.3) is 16.8 Å². The van der Waals surface area contributed by atoms with Crippen LogP contribution in [0.1, 0.15) is 24.3 Å². The molecule has 4 heterocycles. The van der Waals surface area contributed by atoms with Crippen molar-refractivity contribution >= 4 is 28.8 Å². The van der Waals surface area contributed by atoms with Gasteiger partial charge in [0.25, 0.3) is 0 Å². The smallest absolute Gasteiger partial charge is 0.192 e. The number of fused-ring (bicyclic) bond motifs is 2. The van der Waals surface area contributed by atoms with Gasteiger partial charge in [-0.25, -0.2) is 9.98 Å². The number of aromatic nitrogens is 2. The molecule has 2 saturated heterocycles. The van der Waals surface area contributed by atoms with Crippen molar-refractivity contribution in [1.29, 1.82) is 0 Å². The minimum atomic E-state index is 0.592. The summed E-state index contributed by atoms with van der Waals surface area (Å²) >= 11 is 0. The van der Waals surface area contributed by atoms with Crippen LogP contribution in [0.3, 0.4) is 0 Å². The van der Waals surface area contributed by atoms with Crippen LogP contribution in [-0.4, -0.2) is 53.0 Å². The molecule has 7 heteroatoms. The van der Waals surface area contributed by atoms with E-state index >= 15 is 0 Å². The fourth-order valence-electron chi connectivity index (χ4n) is 4.70. The van der Waals surface area contributed by atoms with Crippen molar-refractivity contribution in [2.45, 2.75) is 25.8 Å². The summed E-state index contributed by atoms with van der Waals surface area (Å²) in [7, 11) is 2.00. The third kappa shape index (κ3) is 3.93. The number of carbonyl (C=O) groups is 1. The van der Waals surface area contributed by atoms with E-state index < -0.39 is 0 Å². The normalized spacial score (nSPS) is 20.5. The molecule has 160 valence electrons. The number of aldehydes is 1. The Kier molecular flexibility index (Phi) is 5.19. The van der Waals surface area contributed by atoms with Crippen LogP contribution < -0.4 is 10.4 Å². The highest BCUT2D eigenvalue weighted by Gasteiger charge is 2.30. The molecule has 1 aromatic carbocycles. The first-order valence-electron chi connectivity index (χ1n) is 10.8. The fourth-order valence-corrected chi connectivity index (χ4v) is 4.70. The lowest BCUT2D eigenvalue weighted by Crippen LogP contribution is -2.50. The molecule has 0 radical (unpaired) electrons. The van der Waals surface area contributed by atoms with Crippen molar-refractivity contribution in [3.8, 4) is 0 Å². The van der Waals surface area contributed by atoms with Gasteiger partial charge in [-0.05, 0) is 43.7 Å². The molecule has 31 heavy (non-hydrogen) atoms. The van der Waals surface area contributed by atoms with Crippen molar-refractivity contribution in [3.05, 3.63) is 59.5 Å². The quantitative estimate of drug-likeness (QED) is 0.482. The van der Waals surface area contributed by atoms with E-state index in [9.17, 15) is 4.79 Å². The second kappa shape index (κ2) is 8.15. The van der Waals surface area contributed by atoms with Crippen molar-refractivity contribution in [2.75, 3.05) is 31.1 Å². The summed E-state index contributed by atoms with van der Waals surface area (Å²) < 4.78 is 7.66. The molecule has 2 aliphatic rings. The van der Waals surface area contributed by atoms with Crippen LogP contribution in [0.4, 0.5) is 5.69 Å². The van der Waals surface area contributed by atoms with Crippen molar-refractivity contribution < 1.29 is 9.21 Å². The summed E-state index contributed by atoms with van der Waals surface area (Å²) in [4.78, 5) is 25.5. The van der Waals surface area contributed by atoms with E-state index in [2.05, 4.69) is 27.0 Å². The summed E-state index contributed by atoms with van der Waals surface area (Å²) in [5, 5.41) is 0. The number of nitrogens with zero attached hydrogens (tertiary/aromatic N) is 5. The van der Waals surface area contributed by atoms with E-state index in [0.717, 1.165) is 42.5 Å². The third-order valence-electron chi connectivity index (χ3n) is 6.29. The van der Waals surface area contributed by atoms with Gasteiger partial charge in [-0.2, -0.15) is 0 Å². The van der Waals surface area contributed by atoms with Gasteiger partial charge in [0.05, 0.1) is 11.4 Å². The molecular formula is C24H27N5O2. The lowest BCUT2D eigenvalue weighted by Gasteiger charge is -2.38. The third-order valence-corrected chi connectivity index (χ3v) is 6.29. The average Bonchev–Trinajstić information content (AvgIpc) is 3.38. The molecule has 0 saturated carbocycles. The molecule has 0 bridgehead atoms. The van der Waals surface area contributed by atoms with E-state index in [0.29, 0.717) is 23.2 Å². The molecule has 2 aliphatic heterocycles. The molecule has 0 unspecified atom stereocenters. The standard InChI is InChI=1S/C24H27N5O2/c1-17-25-22-7-5-18(14-23(22)31-17)21(9-13-30)26-24-8-6-20(15-27(24)2)29-12-11-28-10-3-4-19(28)16-29/h5-9,13-15,19H,3-4,10-12,16H2,1-2H3/b21-9-,26-24?/t19-/m1/s1. The molecule has 5 rings (SSSR count). The minimum absolute atomic E-state index is 0.592. The molecule has 1 atom stereocenters. The van der Waals surface area contributed by atoms with Gasteiger partial charge in [-0.1, -0.05) is 6.07 Å². The molecule has 2 fully saturated rings. The first-order chi connectivity index (χ1) is 15.1. The first-order valence-corrected chi connectivity index (χ1v) is 10.8. The summed E-state index contributed by atoms with van der Waals surface area (Å²) in [6.07, 6.45) is 6.99. The Labute approximate surface area is 181 Å². The molecule has 7 nitrogen and oxygen atoms in total. The van der Waals surface area contributed by atoms with Crippen LogP contribution in [-0.2, 0) is 11.8 Å². The molecule has 0 amide bonds. The number of pyridine rings is 1. The average molecular weight is 418 g/mol. The number of piperazine rings is 1. The van der Waals surface area contributed by atoms with E-state index in [4.69, 9.17) is 9.41 Å². The largest absolute Gasteiger partial charge is 0.441 e. The summed E-state index contributed by atoms with van der Waals surface area (Å²) in [5.74, 6) is 0.616. The number of oxazole rings is 1. The number of hydrogen-bond acceptors (Lipinski definition) is 6. The zero-order chi connectivity index (χ0) is 21.4. The Morgan fingerprint density at radius 1 is 1.23 bits per heavy atom. The number of allylic oxidation sites excluding steroid dienone is 1. The van der Waals surface area contributed by atoms with Crippen molar-refractivity contribution in [1.82, 2.24) is 14.5 Å². The fraction of sp³-hybridized carbons (Fsp3) is 0.375. The van der Waals surface area contributed by atoms with E-state index in [-0.39, 0.29) is 0 Å². The van der Waals surface area contributed by atoms with Gasteiger partial charge in [0, 0.05) is 57.5 Å². The Morgan fingerprint density at radius 3 is 2.97 bits per heavy atom. The van der Waals surface area contributed by atoms with Crippen LogP contribution in [0, 0.1) is 6.92 Å². The van der Waals surface area contributed by atoms with Gasteiger partial charge >= 0.3 is 0 Å². The van der Waals surface area contributed by atoms with Gasteiger partial charge in [-0.3, -0.25) is 9.69 Å². The van der Waals surface area contributed by atoms with Gasteiger partial charge < -0.3 is 13.9 Å². The topological polar surface area (TPSA) is 66.9 Å². The van der Waals surface area contributed by atoms with Gasteiger partial charge in [0.15, 0.2) is 11.5 Å². The number of aryl methyl sites for hydroxylation is 2.